The van der Waals surface area contributed by atoms with Crippen LogP contribution in [0.5, 0.6) is 0 Å². The molecule has 22 heavy (non-hydrogen) atoms. The lowest BCUT2D eigenvalue weighted by atomic mass is 9.85. The molecule has 0 spiro atoms. The Morgan fingerprint density at radius 3 is 2.64 bits per heavy atom. The topological polar surface area (TPSA) is 64.4 Å². The zero-order valence-corrected chi connectivity index (χ0v) is 14.0. The quantitative estimate of drug-likeness (QED) is 0.800. The summed E-state index contributed by atoms with van der Waals surface area (Å²) in [5.41, 5.74) is 0.798. The molecule has 0 N–H and O–H groups in total. The summed E-state index contributed by atoms with van der Waals surface area (Å²) in [7, 11) is 3.56. The Hall–Kier alpha value is -1.85. The molecule has 2 rings (SSSR count). The number of aryl methyl sites for hydroxylation is 1. The van der Waals surface area contributed by atoms with Gasteiger partial charge in [-0.25, -0.2) is 0 Å². The summed E-state index contributed by atoms with van der Waals surface area (Å²) < 4.78 is 7.16. The predicted molar refractivity (Wildman–Crippen MR) is 81.9 cm³/mol. The number of piperidine rings is 1. The highest BCUT2D eigenvalue weighted by Gasteiger charge is 2.40. The van der Waals surface area contributed by atoms with Crippen LogP contribution >= 0.6 is 0 Å². The smallest absolute Gasteiger partial charge is 0.311 e. The van der Waals surface area contributed by atoms with Crippen LogP contribution in [0, 0.1) is 11.3 Å². The lowest BCUT2D eigenvalue weighted by molar-refractivity contribution is -0.158. The van der Waals surface area contributed by atoms with Gasteiger partial charge in [0.15, 0.2) is 0 Å². The Kier molecular flexibility index (Phi) is 4.58. The van der Waals surface area contributed by atoms with Crippen LogP contribution in [0.3, 0.4) is 0 Å². The molecule has 0 bridgehead atoms. The molecular formula is C16H25N3O3. The van der Waals surface area contributed by atoms with Gasteiger partial charge in [-0.1, -0.05) is 20.8 Å². The van der Waals surface area contributed by atoms with E-state index >= 15 is 0 Å². The van der Waals surface area contributed by atoms with Crippen LogP contribution in [0.1, 0.15) is 45.2 Å². The van der Waals surface area contributed by atoms with E-state index in [-0.39, 0.29) is 29.3 Å². The molecule has 1 fully saturated rings. The van der Waals surface area contributed by atoms with Gasteiger partial charge in [-0.15, -0.1) is 0 Å². The number of hydrogen-bond donors (Lipinski definition) is 0. The standard InChI is InChI=1S/C16H25N3O3/c1-16(2,3)10-22-15(21)12-6-7-13(20)19(5)14(12)11-8-17-18(4)9-11/h8-9,12,14H,6-7,10H2,1-5H3. The number of carbonyl (C=O) groups is 2. The zero-order chi connectivity index (χ0) is 16.5. The fourth-order valence-corrected chi connectivity index (χ4v) is 2.73. The molecule has 1 saturated heterocycles. The summed E-state index contributed by atoms with van der Waals surface area (Å²) in [5, 5.41) is 4.16. The molecule has 2 atom stereocenters. The van der Waals surface area contributed by atoms with Gasteiger partial charge in [0, 0.05) is 32.3 Å². The summed E-state index contributed by atoms with van der Waals surface area (Å²) in [6.45, 7) is 6.44. The minimum Gasteiger partial charge on any atom is -0.465 e. The van der Waals surface area contributed by atoms with Crippen LogP contribution in [-0.4, -0.2) is 40.2 Å². The molecule has 2 heterocycles. The molecule has 0 radical (unpaired) electrons. The van der Waals surface area contributed by atoms with Crippen molar-refractivity contribution in [2.75, 3.05) is 13.7 Å². The summed E-state index contributed by atoms with van der Waals surface area (Å²) in [5.74, 6) is -0.522. The zero-order valence-electron chi connectivity index (χ0n) is 14.0. The fraction of sp³-hybridized carbons (Fsp3) is 0.688. The lowest BCUT2D eigenvalue weighted by Crippen LogP contribution is -2.43. The predicted octanol–water partition coefficient (Wildman–Crippen LogP) is 1.92. The molecule has 1 amide bonds. The second kappa shape index (κ2) is 6.10. The van der Waals surface area contributed by atoms with E-state index in [2.05, 4.69) is 5.10 Å². The van der Waals surface area contributed by atoms with Gasteiger partial charge in [0.1, 0.15) is 0 Å². The van der Waals surface area contributed by atoms with Gasteiger partial charge in [-0.3, -0.25) is 14.3 Å². The molecule has 6 heteroatoms. The van der Waals surface area contributed by atoms with Crippen molar-refractivity contribution >= 4 is 11.9 Å². The molecule has 1 aromatic heterocycles. The van der Waals surface area contributed by atoms with E-state index in [0.717, 1.165) is 5.56 Å². The van der Waals surface area contributed by atoms with Crippen LogP contribution in [0.4, 0.5) is 0 Å². The number of amides is 1. The molecule has 1 aliphatic heterocycles. The van der Waals surface area contributed by atoms with Gasteiger partial charge in [-0.05, 0) is 11.8 Å². The summed E-state index contributed by atoms with van der Waals surface area (Å²) >= 11 is 0. The van der Waals surface area contributed by atoms with E-state index in [1.807, 2.05) is 34.0 Å². The van der Waals surface area contributed by atoms with Crippen molar-refractivity contribution in [3.63, 3.8) is 0 Å². The highest BCUT2D eigenvalue weighted by molar-refractivity contribution is 5.82. The number of carbonyl (C=O) groups excluding carboxylic acids is 2. The van der Waals surface area contributed by atoms with E-state index in [1.165, 1.54) is 0 Å². The van der Waals surface area contributed by atoms with Crippen molar-refractivity contribution in [2.45, 2.75) is 39.7 Å². The van der Waals surface area contributed by atoms with Crippen molar-refractivity contribution in [3.8, 4) is 0 Å². The molecule has 1 aliphatic rings. The van der Waals surface area contributed by atoms with Gasteiger partial charge >= 0.3 is 5.97 Å². The third-order valence-corrected chi connectivity index (χ3v) is 3.88. The van der Waals surface area contributed by atoms with E-state index in [4.69, 9.17) is 4.74 Å². The van der Waals surface area contributed by atoms with Gasteiger partial charge in [-0.2, -0.15) is 5.10 Å². The van der Waals surface area contributed by atoms with E-state index in [1.54, 1.807) is 22.8 Å². The van der Waals surface area contributed by atoms with Crippen LogP contribution in [0.25, 0.3) is 0 Å². The minimum atomic E-state index is -0.339. The Morgan fingerprint density at radius 1 is 1.41 bits per heavy atom. The largest absolute Gasteiger partial charge is 0.465 e. The van der Waals surface area contributed by atoms with E-state index in [0.29, 0.717) is 19.4 Å². The first-order valence-corrected chi connectivity index (χ1v) is 7.60. The third kappa shape index (κ3) is 3.67. The number of rotatable bonds is 3. The first kappa shape index (κ1) is 16.5. The molecule has 6 nitrogen and oxygen atoms in total. The Bertz CT molecular complexity index is 559. The number of nitrogens with zero attached hydrogens (tertiary/aromatic N) is 3. The fourth-order valence-electron chi connectivity index (χ4n) is 2.73. The van der Waals surface area contributed by atoms with Crippen molar-refractivity contribution < 1.29 is 14.3 Å². The van der Waals surface area contributed by atoms with Crippen molar-refractivity contribution in [1.82, 2.24) is 14.7 Å². The normalized spacial score (nSPS) is 22.8. The van der Waals surface area contributed by atoms with Crippen LogP contribution in [-0.2, 0) is 21.4 Å². The lowest BCUT2D eigenvalue weighted by Gasteiger charge is -2.37. The second-order valence-corrected chi connectivity index (χ2v) is 7.21. The molecular weight excluding hydrogens is 282 g/mol. The monoisotopic (exact) mass is 307 g/mol. The summed E-state index contributed by atoms with van der Waals surface area (Å²) in [4.78, 5) is 26.2. The van der Waals surface area contributed by atoms with Crippen molar-refractivity contribution in [1.29, 1.82) is 0 Å². The number of hydrogen-bond acceptors (Lipinski definition) is 4. The first-order chi connectivity index (χ1) is 10.2. The van der Waals surface area contributed by atoms with Crippen LogP contribution in [0.15, 0.2) is 12.4 Å². The van der Waals surface area contributed by atoms with Crippen LogP contribution in [0.2, 0.25) is 0 Å². The Morgan fingerprint density at radius 2 is 2.09 bits per heavy atom. The van der Waals surface area contributed by atoms with E-state index < -0.39 is 0 Å². The van der Waals surface area contributed by atoms with Gasteiger partial charge in [0.05, 0.1) is 24.8 Å². The molecule has 0 saturated carbocycles. The summed E-state index contributed by atoms with van der Waals surface area (Å²) in [6.07, 6.45) is 4.46. The van der Waals surface area contributed by atoms with Crippen LogP contribution < -0.4 is 0 Å². The number of likely N-dealkylation sites (tertiary alicyclic amines) is 1. The molecule has 2 unspecified atom stereocenters. The van der Waals surface area contributed by atoms with Crippen molar-refractivity contribution in [3.05, 3.63) is 18.0 Å². The van der Waals surface area contributed by atoms with Crippen molar-refractivity contribution in [2.24, 2.45) is 18.4 Å². The molecule has 0 aromatic carbocycles. The number of ether oxygens (including phenoxy) is 1. The highest BCUT2D eigenvalue weighted by Crippen LogP contribution is 2.36. The molecule has 0 aliphatic carbocycles. The SMILES string of the molecule is CN1C(=O)CCC(C(=O)OCC(C)(C)C)C1c1cnn(C)c1. The Balaban J connectivity index is 2.20. The Labute approximate surface area is 131 Å². The maximum absolute atomic E-state index is 12.5. The van der Waals surface area contributed by atoms with E-state index in [9.17, 15) is 9.59 Å². The summed E-state index contributed by atoms with van der Waals surface area (Å²) in [6, 6.07) is -0.303. The van der Waals surface area contributed by atoms with Gasteiger partial charge < -0.3 is 9.64 Å². The van der Waals surface area contributed by atoms with Gasteiger partial charge in [0.2, 0.25) is 5.91 Å². The average molecular weight is 307 g/mol. The van der Waals surface area contributed by atoms with Gasteiger partial charge in [0.25, 0.3) is 0 Å². The average Bonchev–Trinajstić information content (AvgIpc) is 2.84. The second-order valence-electron chi connectivity index (χ2n) is 7.21. The maximum atomic E-state index is 12.5. The maximum Gasteiger partial charge on any atom is 0.311 e. The number of esters is 1. The molecule has 1 aromatic rings. The third-order valence-electron chi connectivity index (χ3n) is 3.88. The molecule has 122 valence electrons. The first-order valence-electron chi connectivity index (χ1n) is 7.60. The number of aromatic nitrogens is 2. The highest BCUT2D eigenvalue weighted by atomic mass is 16.5. The minimum absolute atomic E-state index is 0.0497.